The monoisotopic (exact) mass is 380 g/mol. The van der Waals surface area contributed by atoms with Crippen molar-refractivity contribution >= 4 is 31.9 Å². The minimum Gasteiger partial charge on any atom is -0.341 e. The highest BCUT2D eigenvalue weighted by Gasteiger charge is 2.26. The van der Waals surface area contributed by atoms with Crippen molar-refractivity contribution in [3.63, 3.8) is 0 Å². The van der Waals surface area contributed by atoms with Crippen molar-refractivity contribution in [1.82, 2.24) is 4.90 Å². The summed E-state index contributed by atoms with van der Waals surface area (Å²) in [5.41, 5.74) is -0.504. The van der Waals surface area contributed by atoms with E-state index in [1.54, 1.807) is 0 Å². The quantitative estimate of drug-likeness (QED) is 0.873. The first-order valence-corrected chi connectivity index (χ1v) is 8.44. The molecule has 1 aromatic rings. The first-order valence-electron chi connectivity index (χ1n) is 6.10. The molecule has 0 aliphatic rings. The molecule has 0 aliphatic carbocycles. The van der Waals surface area contributed by atoms with E-state index < -0.39 is 26.6 Å². The van der Waals surface area contributed by atoms with Gasteiger partial charge in [0.15, 0.2) is 5.82 Å². The molecule has 0 heterocycles. The summed E-state index contributed by atoms with van der Waals surface area (Å²) < 4.78 is 37.3. The molecule has 118 valence electrons. The molecule has 0 fully saturated rings. The number of hydrogen-bond acceptors (Lipinski definition) is 3. The topological polar surface area (TPSA) is 80.5 Å². The number of carbonyl (C=O) groups excluding carboxylic acids is 1. The lowest BCUT2D eigenvalue weighted by atomic mass is 9.96. The molecule has 0 aromatic heterocycles. The van der Waals surface area contributed by atoms with E-state index in [1.165, 1.54) is 18.0 Å². The van der Waals surface area contributed by atoms with E-state index in [2.05, 4.69) is 15.9 Å². The molecule has 2 N–H and O–H groups in total. The smallest absolute Gasteiger partial charge is 0.256 e. The van der Waals surface area contributed by atoms with E-state index in [4.69, 9.17) is 5.14 Å². The normalized spacial score (nSPS) is 12.3. The highest BCUT2D eigenvalue weighted by atomic mass is 79.9. The lowest BCUT2D eigenvalue weighted by Gasteiger charge is -2.27. The Morgan fingerprint density at radius 2 is 1.90 bits per heavy atom. The van der Waals surface area contributed by atoms with Gasteiger partial charge in [0.25, 0.3) is 5.91 Å². The van der Waals surface area contributed by atoms with Gasteiger partial charge >= 0.3 is 0 Å². The summed E-state index contributed by atoms with van der Waals surface area (Å²) in [4.78, 5) is 12.9. The van der Waals surface area contributed by atoms with Crippen LogP contribution < -0.4 is 5.14 Å². The van der Waals surface area contributed by atoms with E-state index in [9.17, 15) is 17.6 Å². The Morgan fingerprint density at radius 3 is 2.33 bits per heavy atom. The first kappa shape index (κ1) is 18.1. The van der Waals surface area contributed by atoms with Crippen molar-refractivity contribution < 1.29 is 17.6 Å². The van der Waals surface area contributed by atoms with Gasteiger partial charge in [-0.3, -0.25) is 4.79 Å². The van der Waals surface area contributed by atoms with E-state index in [1.807, 2.05) is 20.8 Å². The van der Waals surface area contributed by atoms with Gasteiger partial charge in [0.1, 0.15) is 4.90 Å². The number of rotatable bonds is 3. The summed E-state index contributed by atoms with van der Waals surface area (Å²) in [6.45, 7) is 6.19. The predicted molar refractivity (Wildman–Crippen MR) is 81.9 cm³/mol. The number of nitrogens with two attached hydrogens (primary N) is 1. The third kappa shape index (κ3) is 4.76. The number of halogens is 2. The second kappa shape index (κ2) is 6.02. The maximum atomic E-state index is 14.3. The van der Waals surface area contributed by atoms with Crippen molar-refractivity contribution in [3.8, 4) is 0 Å². The molecule has 1 rings (SSSR count). The van der Waals surface area contributed by atoms with Crippen LogP contribution in [0.5, 0.6) is 0 Å². The molecule has 21 heavy (non-hydrogen) atoms. The Morgan fingerprint density at radius 1 is 1.38 bits per heavy atom. The van der Waals surface area contributed by atoms with E-state index in [0.29, 0.717) is 6.54 Å². The Kier molecular flexibility index (Phi) is 5.18. The highest BCUT2D eigenvalue weighted by molar-refractivity contribution is 9.10. The van der Waals surface area contributed by atoms with Gasteiger partial charge in [-0.05, 0) is 17.5 Å². The molecular weight excluding hydrogens is 363 g/mol. The number of carbonyl (C=O) groups is 1. The van der Waals surface area contributed by atoms with E-state index in [0.717, 1.165) is 6.07 Å². The predicted octanol–water partition coefficient (Wildman–Crippen LogP) is 2.35. The summed E-state index contributed by atoms with van der Waals surface area (Å²) in [6, 6.07) is 2.27. The Labute approximate surface area is 132 Å². The van der Waals surface area contributed by atoms with Crippen LogP contribution in [0.15, 0.2) is 21.5 Å². The Hall–Kier alpha value is -0.990. The zero-order chi connectivity index (χ0) is 16.6. The largest absolute Gasteiger partial charge is 0.341 e. The van der Waals surface area contributed by atoms with Crippen LogP contribution in [0.3, 0.4) is 0 Å². The third-order valence-electron chi connectivity index (χ3n) is 2.60. The van der Waals surface area contributed by atoms with Gasteiger partial charge in [-0.25, -0.2) is 17.9 Å². The van der Waals surface area contributed by atoms with Crippen molar-refractivity contribution in [3.05, 3.63) is 28.0 Å². The third-order valence-corrected chi connectivity index (χ3v) is 3.97. The Bertz CT molecular complexity index is 669. The molecule has 0 radical (unpaired) electrons. The minimum atomic E-state index is -4.25. The van der Waals surface area contributed by atoms with Crippen molar-refractivity contribution in [2.75, 3.05) is 13.6 Å². The fourth-order valence-electron chi connectivity index (χ4n) is 1.92. The number of sulfonamides is 1. The van der Waals surface area contributed by atoms with Crippen LogP contribution in [0.4, 0.5) is 4.39 Å². The fourth-order valence-corrected chi connectivity index (χ4v) is 3.18. The second-order valence-electron chi connectivity index (χ2n) is 6.03. The molecular formula is C13H18BrFN2O3S. The van der Waals surface area contributed by atoms with Gasteiger partial charge in [-0.15, -0.1) is 0 Å². The molecule has 0 unspecified atom stereocenters. The molecule has 0 aliphatic heterocycles. The zero-order valence-electron chi connectivity index (χ0n) is 12.3. The number of nitrogens with zero attached hydrogens (tertiary/aromatic N) is 1. The summed E-state index contributed by atoms with van der Waals surface area (Å²) in [5, 5.41) is 4.96. The molecule has 0 bridgehead atoms. The van der Waals surface area contributed by atoms with Crippen molar-refractivity contribution in [2.24, 2.45) is 10.6 Å². The van der Waals surface area contributed by atoms with Crippen LogP contribution in [0.2, 0.25) is 0 Å². The number of benzene rings is 1. The maximum absolute atomic E-state index is 14.3. The molecule has 1 aromatic carbocycles. The SMILES string of the molecule is CN(CC(C)(C)C)C(=O)c1cc(Br)cc(S(N)(=O)=O)c1F. The zero-order valence-corrected chi connectivity index (χ0v) is 14.7. The molecule has 5 nitrogen and oxygen atoms in total. The number of amides is 1. The maximum Gasteiger partial charge on any atom is 0.256 e. The van der Waals surface area contributed by atoms with Crippen molar-refractivity contribution in [1.29, 1.82) is 0 Å². The molecule has 0 atom stereocenters. The van der Waals surface area contributed by atoms with Crippen LogP contribution in [0.1, 0.15) is 31.1 Å². The number of hydrogen-bond donors (Lipinski definition) is 1. The molecule has 0 saturated heterocycles. The summed E-state index contributed by atoms with van der Waals surface area (Å²) in [5.74, 6) is -1.74. The van der Waals surface area contributed by atoms with Crippen LogP contribution in [0, 0.1) is 11.2 Å². The second-order valence-corrected chi connectivity index (χ2v) is 8.48. The van der Waals surface area contributed by atoms with Gasteiger partial charge in [-0.1, -0.05) is 36.7 Å². The summed E-state index contributed by atoms with van der Waals surface area (Å²) in [7, 11) is -2.72. The average molecular weight is 381 g/mol. The molecule has 1 amide bonds. The van der Waals surface area contributed by atoms with Crippen LogP contribution >= 0.6 is 15.9 Å². The minimum absolute atomic E-state index is 0.171. The summed E-state index contributed by atoms with van der Waals surface area (Å²) >= 11 is 3.06. The van der Waals surface area contributed by atoms with Crippen molar-refractivity contribution in [2.45, 2.75) is 25.7 Å². The standard InChI is InChI=1S/C13H18BrFN2O3S/c1-13(2,3)7-17(4)12(18)9-5-8(14)6-10(11(9)15)21(16,19)20/h5-6H,7H2,1-4H3,(H2,16,19,20). The highest BCUT2D eigenvalue weighted by Crippen LogP contribution is 2.25. The fraction of sp³-hybridized carbons (Fsp3) is 0.462. The molecule has 0 saturated carbocycles. The molecule has 8 heteroatoms. The summed E-state index contributed by atoms with van der Waals surface area (Å²) in [6.07, 6.45) is 0. The lowest BCUT2D eigenvalue weighted by molar-refractivity contribution is 0.0740. The van der Waals surface area contributed by atoms with E-state index in [-0.39, 0.29) is 15.5 Å². The van der Waals surface area contributed by atoms with Gasteiger partial charge in [0.05, 0.1) is 5.56 Å². The van der Waals surface area contributed by atoms with Gasteiger partial charge in [0.2, 0.25) is 10.0 Å². The van der Waals surface area contributed by atoms with Crippen LogP contribution in [-0.4, -0.2) is 32.8 Å². The first-order chi connectivity index (χ1) is 9.33. The average Bonchev–Trinajstić information content (AvgIpc) is 2.27. The van der Waals surface area contributed by atoms with Gasteiger partial charge in [-0.2, -0.15) is 0 Å². The molecule has 0 spiro atoms. The van der Waals surface area contributed by atoms with Crippen LogP contribution in [0.25, 0.3) is 0 Å². The van der Waals surface area contributed by atoms with Crippen LogP contribution in [-0.2, 0) is 10.0 Å². The van der Waals surface area contributed by atoms with E-state index >= 15 is 0 Å². The lowest BCUT2D eigenvalue weighted by Crippen LogP contribution is -2.35. The van der Waals surface area contributed by atoms with Gasteiger partial charge in [0, 0.05) is 18.1 Å². The van der Waals surface area contributed by atoms with Gasteiger partial charge < -0.3 is 4.90 Å². The number of primary sulfonamides is 1. The Balaban J connectivity index is 3.32.